The van der Waals surface area contributed by atoms with Crippen LogP contribution in [0.5, 0.6) is 0 Å². The first-order chi connectivity index (χ1) is 16.0. The first-order valence-electron chi connectivity index (χ1n) is 11.2. The predicted octanol–water partition coefficient (Wildman–Crippen LogP) is 4.93. The Balaban J connectivity index is 1.46. The summed E-state index contributed by atoms with van der Waals surface area (Å²) in [4.78, 5) is 43.4. The van der Waals surface area contributed by atoms with E-state index < -0.39 is 11.2 Å². The third kappa shape index (κ3) is 6.01. The lowest BCUT2D eigenvalue weighted by molar-refractivity contribution is -0.128. The van der Waals surface area contributed by atoms with Gasteiger partial charge in [0.25, 0.3) is 0 Å². The Bertz CT molecular complexity index is 1030. The Hall–Kier alpha value is -3.13. The summed E-state index contributed by atoms with van der Waals surface area (Å²) < 4.78 is 0. The molecule has 33 heavy (non-hydrogen) atoms. The summed E-state index contributed by atoms with van der Waals surface area (Å²) in [7, 11) is 0. The highest BCUT2D eigenvalue weighted by Gasteiger charge is 2.40. The van der Waals surface area contributed by atoms with Gasteiger partial charge in [0.15, 0.2) is 5.17 Å². The number of nitrogens with one attached hydrogen (secondary N) is 1. The Morgan fingerprint density at radius 1 is 1.03 bits per heavy atom. The highest BCUT2D eigenvalue weighted by atomic mass is 32.2. The van der Waals surface area contributed by atoms with E-state index >= 15 is 0 Å². The van der Waals surface area contributed by atoms with Crippen LogP contribution in [0.2, 0.25) is 0 Å². The lowest BCUT2D eigenvalue weighted by atomic mass is 9.89. The fraction of sp³-hybridized carbons (Fsp3) is 0.360. The van der Waals surface area contributed by atoms with Crippen LogP contribution in [0.4, 0.5) is 11.4 Å². The average Bonchev–Trinajstić information content (AvgIpc) is 3.09. The van der Waals surface area contributed by atoms with Crippen LogP contribution in [0.25, 0.3) is 0 Å². The number of rotatable bonds is 7. The van der Waals surface area contributed by atoms with Crippen molar-refractivity contribution in [3.63, 3.8) is 0 Å². The summed E-state index contributed by atoms with van der Waals surface area (Å²) in [6.07, 6.45) is 5.89. The van der Waals surface area contributed by atoms with Gasteiger partial charge in [-0.15, -0.1) is 0 Å². The van der Waals surface area contributed by atoms with Crippen LogP contribution in [0.1, 0.15) is 48.9 Å². The molecule has 2 fully saturated rings. The van der Waals surface area contributed by atoms with E-state index in [9.17, 15) is 14.4 Å². The number of carbonyl (C=O) groups is 3. The van der Waals surface area contributed by atoms with E-state index in [1.54, 1.807) is 17.0 Å². The van der Waals surface area contributed by atoms with E-state index in [-0.39, 0.29) is 23.8 Å². The lowest BCUT2D eigenvalue weighted by Gasteiger charge is -2.26. The number of amidine groups is 1. The van der Waals surface area contributed by atoms with E-state index in [4.69, 9.17) is 10.1 Å². The van der Waals surface area contributed by atoms with Gasteiger partial charge in [0.1, 0.15) is 5.25 Å². The minimum Gasteiger partial charge on any atom is -0.478 e. The highest BCUT2D eigenvalue weighted by Crippen LogP contribution is 2.34. The SMILES string of the molecule is O=C(CC1SC(=Nc2ccccc2)N(CC2CCCCC2)C1=O)Nc1ccc(C(=O)O)cc1. The maximum atomic E-state index is 13.3. The molecule has 0 radical (unpaired) electrons. The molecule has 0 aromatic heterocycles. The molecule has 2 aliphatic rings. The van der Waals surface area contributed by atoms with Gasteiger partial charge in [0.2, 0.25) is 11.8 Å². The van der Waals surface area contributed by atoms with Crippen molar-refractivity contribution < 1.29 is 19.5 Å². The van der Waals surface area contributed by atoms with E-state index in [1.807, 2.05) is 30.3 Å². The minimum atomic E-state index is -1.02. The van der Waals surface area contributed by atoms with E-state index in [1.165, 1.54) is 43.2 Å². The van der Waals surface area contributed by atoms with Crippen LogP contribution in [-0.2, 0) is 9.59 Å². The van der Waals surface area contributed by atoms with Crippen molar-refractivity contribution in [1.29, 1.82) is 0 Å². The molecule has 4 rings (SSSR count). The fourth-order valence-electron chi connectivity index (χ4n) is 4.21. The number of hydrogen-bond acceptors (Lipinski definition) is 5. The zero-order chi connectivity index (χ0) is 23.2. The first-order valence-corrected chi connectivity index (χ1v) is 12.1. The van der Waals surface area contributed by atoms with Gasteiger partial charge < -0.3 is 10.4 Å². The Labute approximate surface area is 197 Å². The monoisotopic (exact) mass is 465 g/mol. The number of carbonyl (C=O) groups excluding carboxylic acids is 2. The number of amides is 2. The molecule has 8 heteroatoms. The second-order valence-electron chi connectivity index (χ2n) is 8.42. The number of hydrogen-bond donors (Lipinski definition) is 2. The summed E-state index contributed by atoms with van der Waals surface area (Å²) in [6.45, 7) is 0.645. The molecule has 172 valence electrons. The molecule has 1 saturated heterocycles. The van der Waals surface area contributed by atoms with Gasteiger partial charge in [-0.05, 0) is 55.2 Å². The molecule has 0 bridgehead atoms. The second kappa shape index (κ2) is 10.7. The van der Waals surface area contributed by atoms with Crippen molar-refractivity contribution in [2.24, 2.45) is 10.9 Å². The molecule has 1 atom stereocenters. The molecule has 1 aliphatic heterocycles. The van der Waals surface area contributed by atoms with E-state index in [0.29, 0.717) is 23.3 Å². The molecule has 2 aromatic carbocycles. The van der Waals surface area contributed by atoms with Gasteiger partial charge in [-0.25, -0.2) is 9.79 Å². The summed E-state index contributed by atoms with van der Waals surface area (Å²) in [5.41, 5.74) is 1.43. The van der Waals surface area contributed by atoms with Gasteiger partial charge in [-0.3, -0.25) is 14.5 Å². The average molecular weight is 466 g/mol. The van der Waals surface area contributed by atoms with Gasteiger partial charge in [0, 0.05) is 18.7 Å². The van der Waals surface area contributed by atoms with Crippen molar-refractivity contribution in [3.05, 3.63) is 60.2 Å². The van der Waals surface area contributed by atoms with Gasteiger partial charge in [0.05, 0.1) is 11.3 Å². The topological polar surface area (TPSA) is 99.1 Å². The number of benzene rings is 2. The van der Waals surface area contributed by atoms with Gasteiger partial charge in [-0.2, -0.15) is 0 Å². The van der Waals surface area contributed by atoms with Crippen molar-refractivity contribution in [2.75, 3.05) is 11.9 Å². The first kappa shape index (κ1) is 23.0. The van der Waals surface area contributed by atoms with Crippen LogP contribution in [-0.4, -0.2) is 44.8 Å². The maximum Gasteiger partial charge on any atom is 0.335 e. The maximum absolute atomic E-state index is 13.3. The molecule has 2 amide bonds. The van der Waals surface area contributed by atoms with Crippen molar-refractivity contribution in [3.8, 4) is 0 Å². The summed E-state index contributed by atoms with van der Waals surface area (Å²) >= 11 is 1.34. The third-order valence-corrected chi connectivity index (χ3v) is 7.13. The molecule has 2 aromatic rings. The minimum absolute atomic E-state index is 0.0269. The smallest absolute Gasteiger partial charge is 0.335 e. The fourth-order valence-corrected chi connectivity index (χ4v) is 5.38. The van der Waals surface area contributed by atoms with Crippen LogP contribution in [0.15, 0.2) is 59.6 Å². The van der Waals surface area contributed by atoms with Crippen molar-refractivity contribution in [1.82, 2.24) is 4.90 Å². The summed E-state index contributed by atoms with van der Waals surface area (Å²) in [5, 5.41) is 11.9. The van der Waals surface area contributed by atoms with Crippen LogP contribution in [0.3, 0.4) is 0 Å². The molecule has 1 heterocycles. The second-order valence-corrected chi connectivity index (χ2v) is 9.59. The largest absolute Gasteiger partial charge is 0.478 e. The van der Waals surface area contributed by atoms with Gasteiger partial charge in [-0.1, -0.05) is 49.2 Å². The molecule has 0 spiro atoms. The van der Waals surface area contributed by atoms with E-state index in [0.717, 1.165) is 18.5 Å². The molecular formula is C25H27N3O4S. The highest BCUT2D eigenvalue weighted by molar-refractivity contribution is 8.15. The van der Waals surface area contributed by atoms with Crippen molar-refractivity contribution >= 4 is 46.1 Å². The zero-order valence-electron chi connectivity index (χ0n) is 18.3. The molecule has 7 nitrogen and oxygen atoms in total. The summed E-state index contributed by atoms with van der Waals surface area (Å²) in [6, 6.07) is 15.5. The van der Waals surface area contributed by atoms with Crippen LogP contribution in [0, 0.1) is 5.92 Å². The number of anilines is 1. The Kier molecular flexibility index (Phi) is 7.44. The number of aromatic carboxylic acids is 1. The standard InChI is InChI=1S/C25H27N3O4S/c29-22(26-20-13-11-18(12-14-20)24(31)32)15-21-23(30)28(16-17-7-3-1-4-8-17)25(33-21)27-19-9-5-2-6-10-19/h2,5-6,9-14,17,21H,1,3-4,7-8,15-16H2,(H,26,29)(H,31,32). The molecular weight excluding hydrogens is 438 g/mol. The molecule has 1 saturated carbocycles. The quantitative estimate of drug-likeness (QED) is 0.604. The number of carboxylic acids is 1. The predicted molar refractivity (Wildman–Crippen MR) is 130 cm³/mol. The normalized spacial score (nSPS) is 20.2. The number of para-hydroxylation sites is 1. The Morgan fingerprint density at radius 3 is 2.39 bits per heavy atom. The van der Waals surface area contributed by atoms with Crippen molar-refractivity contribution in [2.45, 2.75) is 43.8 Å². The third-order valence-electron chi connectivity index (χ3n) is 5.95. The number of nitrogens with zero attached hydrogens (tertiary/aromatic N) is 2. The number of carboxylic acid groups (broad SMARTS) is 1. The van der Waals surface area contributed by atoms with Crippen LogP contribution >= 0.6 is 11.8 Å². The zero-order valence-corrected chi connectivity index (χ0v) is 19.1. The molecule has 1 aliphatic carbocycles. The van der Waals surface area contributed by atoms with E-state index in [2.05, 4.69) is 5.32 Å². The van der Waals surface area contributed by atoms with Crippen LogP contribution < -0.4 is 5.32 Å². The number of aliphatic imine (C=N–C) groups is 1. The molecule has 2 N–H and O–H groups in total. The van der Waals surface area contributed by atoms with Gasteiger partial charge >= 0.3 is 5.97 Å². The number of thioether (sulfide) groups is 1. The summed E-state index contributed by atoms with van der Waals surface area (Å²) in [5.74, 6) is -0.923. The lowest BCUT2D eigenvalue weighted by Crippen LogP contribution is -2.37. The molecule has 1 unspecified atom stereocenters. The Morgan fingerprint density at radius 2 is 1.73 bits per heavy atom.